The van der Waals surface area contributed by atoms with E-state index in [1.165, 1.54) is 6.07 Å². The Balaban J connectivity index is 1.80. The van der Waals surface area contributed by atoms with Crippen LogP contribution in [0.3, 0.4) is 0 Å². The van der Waals surface area contributed by atoms with Gasteiger partial charge in [-0.2, -0.15) is 5.10 Å². The number of aromatic nitrogens is 2. The van der Waals surface area contributed by atoms with Gasteiger partial charge in [0.2, 0.25) is 0 Å². The molecule has 0 atom stereocenters. The van der Waals surface area contributed by atoms with Gasteiger partial charge in [0.05, 0.1) is 16.3 Å². The first-order valence-corrected chi connectivity index (χ1v) is 9.23. The number of hydrogen-bond donors (Lipinski definition) is 1. The summed E-state index contributed by atoms with van der Waals surface area (Å²) in [6.45, 7) is 2.72. The molecular formula is C19H16Cl2N4O2. The number of nitro groups is 1. The van der Waals surface area contributed by atoms with Crippen LogP contribution in [0.15, 0.2) is 36.4 Å². The minimum absolute atomic E-state index is 0.0418. The first-order valence-electron chi connectivity index (χ1n) is 8.48. The van der Waals surface area contributed by atoms with E-state index >= 15 is 0 Å². The van der Waals surface area contributed by atoms with E-state index in [2.05, 4.69) is 5.32 Å². The number of nitro benzene ring substituents is 1. The highest BCUT2D eigenvalue weighted by Crippen LogP contribution is 2.33. The number of nitrogens with zero attached hydrogens (tertiary/aromatic N) is 3. The molecule has 0 bridgehead atoms. The van der Waals surface area contributed by atoms with E-state index in [1.807, 2.05) is 19.1 Å². The van der Waals surface area contributed by atoms with Crippen molar-refractivity contribution in [1.29, 1.82) is 0 Å². The molecule has 1 N–H and O–H groups in total. The summed E-state index contributed by atoms with van der Waals surface area (Å²) < 4.78 is 1.77. The van der Waals surface area contributed by atoms with Crippen molar-refractivity contribution >= 4 is 34.7 Å². The second-order valence-electron chi connectivity index (χ2n) is 6.50. The van der Waals surface area contributed by atoms with Crippen LogP contribution in [0, 0.1) is 17.0 Å². The quantitative estimate of drug-likeness (QED) is 0.494. The summed E-state index contributed by atoms with van der Waals surface area (Å²) in [5.74, 6) is 0.888. The van der Waals surface area contributed by atoms with E-state index in [-0.39, 0.29) is 5.69 Å². The molecule has 6 nitrogen and oxygen atoms in total. The molecule has 0 amide bonds. The molecule has 1 aliphatic heterocycles. The van der Waals surface area contributed by atoms with Gasteiger partial charge in [-0.15, -0.1) is 0 Å². The zero-order valence-electron chi connectivity index (χ0n) is 14.5. The number of hydrogen-bond acceptors (Lipinski definition) is 4. The molecule has 0 aliphatic carbocycles. The van der Waals surface area contributed by atoms with Crippen molar-refractivity contribution in [3.63, 3.8) is 0 Å². The normalized spacial score (nSPS) is 12.7. The lowest BCUT2D eigenvalue weighted by molar-refractivity contribution is -0.384. The molecule has 4 rings (SSSR count). The third-order valence-electron chi connectivity index (χ3n) is 4.74. The third-order valence-corrected chi connectivity index (χ3v) is 5.33. The van der Waals surface area contributed by atoms with Gasteiger partial charge in [-0.25, -0.2) is 4.68 Å². The van der Waals surface area contributed by atoms with Gasteiger partial charge in [0.25, 0.3) is 5.69 Å². The summed E-state index contributed by atoms with van der Waals surface area (Å²) in [5.41, 5.74) is 4.62. The second kappa shape index (κ2) is 6.87. The molecule has 138 valence electrons. The molecule has 0 spiro atoms. The molecule has 2 heterocycles. The van der Waals surface area contributed by atoms with Crippen LogP contribution in [-0.2, 0) is 12.8 Å². The predicted octanol–water partition coefficient (Wildman–Crippen LogP) is 4.95. The van der Waals surface area contributed by atoms with Crippen LogP contribution in [-0.4, -0.2) is 21.2 Å². The van der Waals surface area contributed by atoms with Crippen molar-refractivity contribution in [2.45, 2.75) is 19.8 Å². The second-order valence-corrected chi connectivity index (χ2v) is 7.35. The summed E-state index contributed by atoms with van der Waals surface area (Å²) in [6.07, 6.45) is 1.42. The molecule has 1 aromatic heterocycles. The molecular weight excluding hydrogens is 387 g/mol. The Morgan fingerprint density at radius 3 is 2.81 bits per heavy atom. The van der Waals surface area contributed by atoms with Gasteiger partial charge in [-0.3, -0.25) is 10.1 Å². The average molecular weight is 403 g/mol. The lowest BCUT2D eigenvalue weighted by Gasteiger charge is -2.09. The first-order chi connectivity index (χ1) is 12.9. The zero-order chi connectivity index (χ0) is 19.1. The highest BCUT2D eigenvalue weighted by atomic mass is 35.5. The minimum atomic E-state index is -0.394. The van der Waals surface area contributed by atoms with E-state index < -0.39 is 4.92 Å². The van der Waals surface area contributed by atoms with Gasteiger partial charge in [-0.1, -0.05) is 35.3 Å². The van der Waals surface area contributed by atoms with Gasteiger partial charge in [-0.05, 0) is 36.6 Å². The van der Waals surface area contributed by atoms with E-state index in [4.69, 9.17) is 28.3 Å². The van der Waals surface area contributed by atoms with E-state index in [1.54, 1.807) is 22.9 Å². The lowest BCUT2D eigenvalue weighted by atomic mass is 10.1. The highest BCUT2D eigenvalue weighted by Gasteiger charge is 2.25. The summed E-state index contributed by atoms with van der Waals surface area (Å²) in [6, 6.07) is 10.2. The topological polar surface area (TPSA) is 73.0 Å². The summed E-state index contributed by atoms with van der Waals surface area (Å²) in [5, 5.41) is 20.5. The highest BCUT2D eigenvalue weighted by molar-refractivity contribution is 6.35. The molecule has 0 fully saturated rings. The van der Waals surface area contributed by atoms with Crippen molar-refractivity contribution in [3.8, 4) is 5.69 Å². The molecule has 0 saturated heterocycles. The number of non-ortho nitro benzene ring substituents is 1. The monoisotopic (exact) mass is 402 g/mol. The van der Waals surface area contributed by atoms with Gasteiger partial charge >= 0.3 is 0 Å². The van der Waals surface area contributed by atoms with Crippen molar-refractivity contribution in [2.75, 3.05) is 11.9 Å². The van der Waals surface area contributed by atoms with Crippen LogP contribution in [0.5, 0.6) is 0 Å². The number of halogens is 2. The smallest absolute Gasteiger partial charge is 0.271 e. The van der Waals surface area contributed by atoms with Crippen molar-refractivity contribution in [3.05, 3.63) is 78.9 Å². The standard InChI is InChI=1S/C19H16Cl2N4O2/c1-11-2-5-14(25(26)27)10-18(11)24-19-15(6-7-22-19)17(23-24)8-12-3-4-13(20)9-16(12)21/h2-5,9-10,22H,6-8H2,1H3. The summed E-state index contributed by atoms with van der Waals surface area (Å²) >= 11 is 12.3. The number of benzene rings is 2. The molecule has 8 heteroatoms. The SMILES string of the molecule is Cc1ccc([N+](=O)[O-])cc1-n1nc(Cc2ccc(Cl)cc2Cl)c2c1NCC2. The van der Waals surface area contributed by atoms with Crippen molar-refractivity contribution in [1.82, 2.24) is 9.78 Å². The number of aryl methyl sites for hydroxylation is 1. The Kier molecular flexibility index (Phi) is 4.53. The van der Waals surface area contributed by atoms with Gasteiger partial charge in [0.1, 0.15) is 5.82 Å². The number of nitrogens with one attached hydrogen (secondary N) is 1. The van der Waals surface area contributed by atoms with Gasteiger partial charge in [0, 0.05) is 40.7 Å². The largest absolute Gasteiger partial charge is 0.369 e. The number of rotatable bonds is 4. The Hall–Kier alpha value is -2.57. The molecule has 0 radical (unpaired) electrons. The maximum Gasteiger partial charge on any atom is 0.271 e. The Morgan fingerprint density at radius 2 is 2.07 bits per heavy atom. The van der Waals surface area contributed by atoms with E-state index in [0.29, 0.717) is 22.2 Å². The Morgan fingerprint density at radius 1 is 1.26 bits per heavy atom. The molecule has 3 aromatic rings. The average Bonchev–Trinajstić information content (AvgIpc) is 3.21. The zero-order valence-corrected chi connectivity index (χ0v) is 16.0. The van der Waals surface area contributed by atoms with E-state index in [9.17, 15) is 10.1 Å². The molecule has 0 unspecified atom stereocenters. The predicted molar refractivity (Wildman–Crippen MR) is 106 cm³/mol. The molecule has 1 aliphatic rings. The fourth-order valence-electron chi connectivity index (χ4n) is 3.35. The van der Waals surface area contributed by atoms with Crippen LogP contribution < -0.4 is 5.32 Å². The first kappa shape index (κ1) is 17.8. The summed E-state index contributed by atoms with van der Waals surface area (Å²) in [4.78, 5) is 10.8. The minimum Gasteiger partial charge on any atom is -0.369 e. The fraction of sp³-hybridized carbons (Fsp3) is 0.211. The van der Waals surface area contributed by atoms with Gasteiger partial charge < -0.3 is 5.32 Å². The lowest BCUT2D eigenvalue weighted by Crippen LogP contribution is -2.07. The van der Waals surface area contributed by atoms with E-state index in [0.717, 1.165) is 41.2 Å². The third kappa shape index (κ3) is 3.26. The Labute approximate surface area is 165 Å². The van der Waals surface area contributed by atoms with Crippen molar-refractivity contribution in [2.24, 2.45) is 0 Å². The maximum absolute atomic E-state index is 11.2. The maximum atomic E-state index is 11.2. The van der Waals surface area contributed by atoms with Crippen LogP contribution in [0.2, 0.25) is 10.0 Å². The van der Waals surface area contributed by atoms with Crippen LogP contribution in [0.4, 0.5) is 11.5 Å². The number of anilines is 1. The van der Waals surface area contributed by atoms with Gasteiger partial charge in [0.15, 0.2) is 0 Å². The van der Waals surface area contributed by atoms with Crippen LogP contribution in [0.25, 0.3) is 5.69 Å². The molecule has 0 saturated carbocycles. The summed E-state index contributed by atoms with van der Waals surface area (Å²) in [7, 11) is 0. The van der Waals surface area contributed by atoms with Crippen molar-refractivity contribution < 1.29 is 4.92 Å². The van der Waals surface area contributed by atoms with Crippen LogP contribution in [0.1, 0.15) is 22.4 Å². The fourth-order valence-corrected chi connectivity index (χ4v) is 3.82. The molecule has 27 heavy (non-hydrogen) atoms. The Bertz CT molecular complexity index is 1060. The number of fused-ring (bicyclic) bond motifs is 1. The molecule has 2 aromatic carbocycles. The van der Waals surface area contributed by atoms with Crippen LogP contribution >= 0.6 is 23.2 Å².